The van der Waals surface area contributed by atoms with Crippen LogP contribution < -0.4 is 0 Å². The van der Waals surface area contributed by atoms with Crippen molar-refractivity contribution in [3.05, 3.63) is 97.2 Å². The fourth-order valence-corrected chi connectivity index (χ4v) is 9.72. The van der Waals surface area contributed by atoms with Gasteiger partial charge in [0.1, 0.15) is 12.7 Å². The van der Waals surface area contributed by atoms with E-state index in [2.05, 4.69) is 118 Å². The van der Waals surface area contributed by atoms with Gasteiger partial charge in [-0.3, -0.25) is 23.4 Å². The number of aliphatic hydroxyl groups is 1. The molecule has 472 valence electrons. The average Bonchev–Trinajstić information content (AvgIpc) is 3.50. The number of carbonyl (C=O) groups excluding carboxylic acids is 3. The number of aliphatic hydroxyl groups excluding tert-OH is 1. The number of allylic oxidation sites excluding steroid dienone is 16. The molecule has 0 saturated heterocycles. The standard InChI is InChI=1S/C70H121O11P/c1-4-7-10-13-16-19-22-25-28-31-33-36-39-42-45-48-51-54-57-60-69(73)80-66(62-71)64-78-82(75,76)79-65-67(63-77-68(72)59-56-53-50-47-44-41-38-35-30-27-24-21-18-15-12-9-6-3)81-70(74)61-58-55-52-49-46-43-40-37-34-32-29-26-23-20-17-14-11-8-5-2/h8,11,17-18,20-21,25-30,34,37,43,46,66-67,71H,4-7,9-10,12-16,19,22-24,31-33,35-36,38-42,44-45,47-65H2,1-3H3,(H,75,76)/b11-8-,20-17-,21-18-,28-25-,29-26-,30-27-,37-34-,46-43-. The zero-order chi connectivity index (χ0) is 59.8. The number of phosphoric ester groups is 1. The number of hydrogen-bond acceptors (Lipinski definition) is 10. The molecule has 0 radical (unpaired) electrons. The molecule has 0 fully saturated rings. The molecule has 0 aliphatic heterocycles. The van der Waals surface area contributed by atoms with E-state index in [1.807, 2.05) is 0 Å². The number of phosphoric acid groups is 1. The Balaban J connectivity index is 4.74. The molecule has 3 unspecified atom stereocenters. The summed E-state index contributed by atoms with van der Waals surface area (Å²) in [7, 11) is -4.77. The molecule has 0 rings (SSSR count). The van der Waals surface area contributed by atoms with Crippen LogP contribution in [0.25, 0.3) is 0 Å². The van der Waals surface area contributed by atoms with Crippen LogP contribution in [0.1, 0.15) is 290 Å². The van der Waals surface area contributed by atoms with E-state index in [9.17, 15) is 28.9 Å². The largest absolute Gasteiger partial charge is 0.472 e. The van der Waals surface area contributed by atoms with E-state index in [0.29, 0.717) is 19.3 Å². The predicted molar refractivity (Wildman–Crippen MR) is 344 cm³/mol. The zero-order valence-corrected chi connectivity index (χ0v) is 53.3. The van der Waals surface area contributed by atoms with Crippen molar-refractivity contribution in [2.45, 2.75) is 303 Å². The molecule has 11 nitrogen and oxygen atoms in total. The minimum Gasteiger partial charge on any atom is -0.462 e. The summed E-state index contributed by atoms with van der Waals surface area (Å²) in [5.74, 6) is -1.51. The monoisotopic (exact) mass is 1170 g/mol. The van der Waals surface area contributed by atoms with Crippen molar-refractivity contribution in [1.29, 1.82) is 0 Å². The fraction of sp³-hybridized carbons (Fsp3) is 0.729. The summed E-state index contributed by atoms with van der Waals surface area (Å²) in [4.78, 5) is 48.8. The van der Waals surface area contributed by atoms with Gasteiger partial charge >= 0.3 is 25.7 Å². The number of hydrogen-bond donors (Lipinski definition) is 2. The first-order chi connectivity index (χ1) is 40.2. The van der Waals surface area contributed by atoms with Crippen LogP contribution in [-0.2, 0) is 42.2 Å². The molecule has 0 aliphatic carbocycles. The minimum atomic E-state index is -4.77. The van der Waals surface area contributed by atoms with E-state index in [1.165, 1.54) is 122 Å². The van der Waals surface area contributed by atoms with Gasteiger partial charge in [-0.15, -0.1) is 0 Å². The smallest absolute Gasteiger partial charge is 0.462 e. The molecule has 0 bridgehead atoms. The lowest BCUT2D eigenvalue weighted by Crippen LogP contribution is -2.30. The normalized spacial score (nSPS) is 13.9. The van der Waals surface area contributed by atoms with Gasteiger partial charge < -0.3 is 24.2 Å². The molecule has 82 heavy (non-hydrogen) atoms. The molecule has 0 heterocycles. The fourth-order valence-electron chi connectivity index (χ4n) is 8.94. The van der Waals surface area contributed by atoms with Gasteiger partial charge in [0.25, 0.3) is 0 Å². The van der Waals surface area contributed by atoms with E-state index in [4.69, 9.17) is 23.3 Å². The van der Waals surface area contributed by atoms with Gasteiger partial charge in [-0.1, -0.05) is 246 Å². The molecule has 0 aliphatic rings. The first kappa shape index (κ1) is 78.4. The second-order valence-electron chi connectivity index (χ2n) is 21.9. The third-order valence-electron chi connectivity index (χ3n) is 14.0. The summed E-state index contributed by atoms with van der Waals surface area (Å²) in [6.45, 7) is 4.49. The van der Waals surface area contributed by atoms with Crippen LogP contribution in [0.15, 0.2) is 97.2 Å². The third-order valence-corrected chi connectivity index (χ3v) is 14.9. The summed E-state index contributed by atoms with van der Waals surface area (Å²) < 4.78 is 39.7. The van der Waals surface area contributed by atoms with Crippen LogP contribution in [0, 0.1) is 0 Å². The van der Waals surface area contributed by atoms with Crippen molar-refractivity contribution in [2.75, 3.05) is 26.4 Å². The number of esters is 3. The van der Waals surface area contributed by atoms with Crippen molar-refractivity contribution in [2.24, 2.45) is 0 Å². The van der Waals surface area contributed by atoms with E-state index in [-0.39, 0.29) is 25.9 Å². The Hall–Kier alpha value is -3.60. The highest BCUT2D eigenvalue weighted by atomic mass is 31.2. The Labute approximate surface area is 502 Å². The lowest BCUT2D eigenvalue weighted by atomic mass is 10.1. The Bertz CT molecular complexity index is 1750. The Morgan fingerprint density at radius 3 is 1.02 bits per heavy atom. The van der Waals surface area contributed by atoms with E-state index < -0.39 is 57.8 Å². The van der Waals surface area contributed by atoms with Gasteiger partial charge in [-0.25, -0.2) is 4.57 Å². The molecular weight excluding hydrogens is 1050 g/mol. The van der Waals surface area contributed by atoms with E-state index in [0.717, 1.165) is 109 Å². The Morgan fingerprint density at radius 2 is 0.634 bits per heavy atom. The molecule has 12 heteroatoms. The number of rotatable bonds is 61. The second kappa shape index (κ2) is 63.4. The van der Waals surface area contributed by atoms with Crippen molar-refractivity contribution >= 4 is 25.7 Å². The van der Waals surface area contributed by atoms with Gasteiger partial charge in [0, 0.05) is 19.3 Å². The maximum absolute atomic E-state index is 13.0. The number of ether oxygens (including phenoxy) is 3. The van der Waals surface area contributed by atoms with Crippen LogP contribution in [0.4, 0.5) is 0 Å². The molecule has 0 saturated carbocycles. The highest BCUT2D eigenvalue weighted by molar-refractivity contribution is 7.47. The molecule has 2 N–H and O–H groups in total. The quantitative estimate of drug-likeness (QED) is 0.0197. The average molecular weight is 1170 g/mol. The number of carbonyl (C=O) groups is 3. The molecule has 0 aromatic rings. The van der Waals surface area contributed by atoms with E-state index >= 15 is 0 Å². The van der Waals surface area contributed by atoms with Crippen molar-refractivity contribution < 1.29 is 52.2 Å². The maximum Gasteiger partial charge on any atom is 0.472 e. The predicted octanol–water partition coefficient (Wildman–Crippen LogP) is 20.4. The SMILES string of the molecule is CC/C=C\C/C=C\C/C=C\C/C=C\C/C=C\CCCCCC(=O)OC(COC(=O)CCCCCCCCC/C=C\C/C=C\CCCCC)COP(=O)(O)OCC(CO)OC(=O)CCCCCCCCCCC/C=C\CCCCCCCC. The zero-order valence-electron chi connectivity index (χ0n) is 52.4. The minimum absolute atomic E-state index is 0.123. The van der Waals surface area contributed by atoms with Crippen molar-refractivity contribution in [3.8, 4) is 0 Å². The van der Waals surface area contributed by atoms with Gasteiger partial charge in [0.15, 0.2) is 6.10 Å². The highest BCUT2D eigenvalue weighted by Gasteiger charge is 2.28. The molecule has 3 atom stereocenters. The molecule has 0 amide bonds. The number of unbranched alkanes of at least 4 members (excludes halogenated alkanes) is 28. The van der Waals surface area contributed by atoms with Crippen molar-refractivity contribution in [3.63, 3.8) is 0 Å². The summed E-state index contributed by atoms with van der Waals surface area (Å²) in [5.41, 5.74) is 0. The summed E-state index contributed by atoms with van der Waals surface area (Å²) in [5, 5.41) is 9.87. The Morgan fingerprint density at radius 1 is 0.354 bits per heavy atom. The van der Waals surface area contributed by atoms with Crippen LogP contribution in [0.2, 0.25) is 0 Å². The molecule has 0 aromatic carbocycles. The van der Waals surface area contributed by atoms with Gasteiger partial charge in [0.2, 0.25) is 0 Å². The van der Waals surface area contributed by atoms with Gasteiger partial charge in [0.05, 0.1) is 19.8 Å². The van der Waals surface area contributed by atoms with Crippen LogP contribution >= 0.6 is 7.82 Å². The topological polar surface area (TPSA) is 155 Å². The first-order valence-corrected chi connectivity index (χ1v) is 34.6. The Kier molecular flexibility index (Phi) is 60.6. The van der Waals surface area contributed by atoms with Gasteiger partial charge in [-0.05, 0) is 122 Å². The molecule has 0 aromatic heterocycles. The summed E-state index contributed by atoms with van der Waals surface area (Å²) >= 11 is 0. The lowest BCUT2D eigenvalue weighted by Gasteiger charge is -2.21. The summed E-state index contributed by atoms with van der Waals surface area (Å²) in [6.07, 6.45) is 76.4. The maximum atomic E-state index is 13.0. The van der Waals surface area contributed by atoms with Crippen LogP contribution in [0.3, 0.4) is 0 Å². The second-order valence-corrected chi connectivity index (χ2v) is 23.3. The van der Waals surface area contributed by atoms with Crippen LogP contribution in [0.5, 0.6) is 0 Å². The lowest BCUT2D eigenvalue weighted by molar-refractivity contribution is -0.161. The highest BCUT2D eigenvalue weighted by Crippen LogP contribution is 2.43. The van der Waals surface area contributed by atoms with Gasteiger partial charge in [-0.2, -0.15) is 0 Å². The molecule has 0 spiro atoms. The van der Waals surface area contributed by atoms with Crippen molar-refractivity contribution in [1.82, 2.24) is 0 Å². The molecular formula is C70H121O11P. The van der Waals surface area contributed by atoms with Crippen LogP contribution in [-0.4, -0.2) is 66.5 Å². The third kappa shape index (κ3) is 61.0. The van der Waals surface area contributed by atoms with E-state index in [1.54, 1.807) is 0 Å². The summed E-state index contributed by atoms with van der Waals surface area (Å²) in [6, 6.07) is 0. The first-order valence-electron chi connectivity index (χ1n) is 33.1.